The largest absolute Gasteiger partial charge is 0.411 e. The second kappa shape index (κ2) is 9.39. The first-order valence-electron chi connectivity index (χ1n) is 8.32. The van der Waals surface area contributed by atoms with E-state index in [1.54, 1.807) is 24.3 Å². The normalized spacial score (nSPS) is 12.0. The maximum absolute atomic E-state index is 12.3. The van der Waals surface area contributed by atoms with Gasteiger partial charge in [-0.05, 0) is 48.4 Å². The minimum absolute atomic E-state index is 0.0292. The molecule has 1 aromatic heterocycles. The number of carbonyl (C=O) groups is 1. The molecule has 0 aliphatic rings. The van der Waals surface area contributed by atoms with Crippen molar-refractivity contribution in [2.75, 3.05) is 5.75 Å². The lowest BCUT2D eigenvalue weighted by Gasteiger charge is -2.17. The SMILES string of the molecule is CCC(NC(=O)CSc1nnc(-c2ccc(Cl)cc2)o1)c1ccc(Br)cc1. The highest BCUT2D eigenvalue weighted by Crippen LogP contribution is 2.25. The van der Waals surface area contributed by atoms with Crippen molar-refractivity contribution in [2.45, 2.75) is 24.6 Å². The maximum atomic E-state index is 12.3. The topological polar surface area (TPSA) is 68.0 Å². The van der Waals surface area contributed by atoms with E-state index >= 15 is 0 Å². The monoisotopic (exact) mass is 465 g/mol. The predicted molar refractivity (Wildman–Crippen MR) is 111 cm³/mol. The van der Waals surface area contributed by atoms with Crippen LogP contribution in [0.3, 0.4) is 0 Å². The molecular formula is C19H17BrClN3O2S. The van der Waals surface area contributed by atoms with Gasteiger partial charge in [-0.3, -0.25) is 4.79 Å². The number of hydrogen-bond acceptors (Lipinski definition) is 5. The Morgan fingerprint density at radius 2 is 1.89 bits per heavy atom. The first kappa shape index (κ1) is 19.9. The van der Waals surface area contributed by atoms with Crippen molar-refractivity contribution in [3.05, 3.63) is 63.6 Å². The van der Waals surface area contributed by atoms with Gasteiger partial charge in [0, 0.05) is 15.1 Å². The predicted octanol–water partition coefficient (Wildman–Crippen LogP) is 5.51. The van der Waals surface area contributed by atoms with Crippen LogP contribution in [-0.2, 0) is 4.79 Å². The van der Waals surface area contributed by atoms with Gasteiger partial charge >= 0.3 is 0 Å². The Bertz CT molecular complexity index is 900. The number of hydrogen-bond donors (Lipinski definition) is 1. The van der Waals surface area contributed by atoms with E-state index in [1.807, 2.05) is 31.2 Å². The van der Waals surface area contributed by atoms with Gasteiger partial charge in [-0.1, -0.05) is 58.3 Å². The molecule has 8 heteroatoms. The summed E-state index contributed by atoms with van der Waals surface area (Å²) < 4.78 is 6.61. The lowest BCUT2D eigenvalue weighted by Crippen LogP contribution is -2.29. The van der Waals surface area contributed by atoms with Gasteiger partial charge in [-0.15, -0.1) is 10.2 Å². The van der Waals surface area contributed by atoms with Crippen molar-refractivity contribution in [3.63, 3.8) is 0 Å². The summed E-state index contributed by atoms with van der Waals surface area (Å²) in [5, 5.41) is 12.0. The summed E-state index contributed by atoms with van der Waals surface area (Å²) in [7, 11) is 0. The van der Waals surface area contributed by atoms with Gasteiger partial charge in [0.1, 0.15) is 0 Å². The molecule has 1 amide bonds. The van der Waals surface area contributed by atoms with Crippen LogP contribution >= 0.6 is 39.3 Å². The van der Waals surface area contributed by atoms with Crippen LogP contribution in [0.5, 0.6) is 0 Å². The standard InChI is InChI=1S/C19H17BrClN3O2S/c1-2-16(12-3-7-14(20)8-4-12)22-17(25)11-27-19-24-23-18(26-19)13-5-9-15(21)10-6-13/h3-10,16H,2,11H2,1H3,(H,22,25). The van der Waals surface area contributed by atoms with Crippen LogP contribution in [0.4, 0.5) is 0 Å². The van der Waals surface area contributed by atoms with Crippen LogP contribution in [0.1, 0.15) is 24.9 Å². The van der Waals surface area contributed by atoms with Crippen molar-refractivity contribution in [3.8, 4) is 11.5 Å². The van der Waals surface area contributed by atoms with Gasteiger partial charge in [0.25, 0.3) is 5.22 Å². The van der Waals surface area contributed by atoms with Gasteiger partial charge in [0.2, 0.25) is 11.8 Å². The molecule has 27 heavy (non-hydrogen) atoms. The molecule has 0 aliphatic carbocycles. The van der Waals surface area contributed by atoms with E-state index in [2.05, 4.69) is 31.4 Å². The molecule has 5 nitrogen and oxygen atoms in total. The fourth-order valence-corrected chi connectivity index (χ4v) is 3.42. The fourth-order valence-electron chi connectivity index (χ4n) is 2.46. The number of amides is 1. The van der Waals surface area contributed by atoms with E-state index in [0.717, 1.165) is 22.0 Å². The number of nitrogens with one attached hydrogen (secondary N) is 1. The lowest BCUT2D eigenvalue weighted by molar-refractivity contribution is -0.119. The van der Waals surface area contributed by atoms with Gasteiger partial charge in [0.05, 0.1) is 11.8 Å². The molecule has 0 saturated heterocycles. The van der Waals surface area contributed by atoms with Crippen molar-refractivity contribution in [2.24, 2.45) is 0 Å². The number of carbonyl (C=O) groups excluding carboxylic acids is 1. The van der Waals surface area contributed by atoms with E-state index in [9.17, 15) is 4.79 Å². The van der Waals surface area contributed by atoms with Gasteiger partial charge in [-0.25, -0.2) is 0 Å². The fraction of sp³-hybridized carbons (Fsp3) is 0.211. The number of halogens is 2. The summed E-state index contributed by atoms with van der Waals surface area (Å²) in [4.78, 5) is 12.3. The maximum Gasteiger partial charge on any atom is 0.277 e. The minimum Gasteiger partial charge on any atom is -0.411 e. The van der Waals surface area contributed by atoms with Crippen LogP contribution in [0, 0.1) is 0 Å². The summed E-state index contributed by atoms with van der Waals surface area (Å²) in [5.41, 5.74) is 1.85. The highest BCUT2D eigenvalue weighted by Gasteiger charge is 2.15. The van der Waals surface area contributed by atoms with Crippen LogP contribution in [0.2, 0.25) is 5.02 Å². The number of nitrogens with zero attached hydrogens (tertiary/aromatic N) is 2. The Hall–Kier alpha value is -1.83. The zero-order valence-corrected chi connectivity index (χ0v) is 17.6. The Morgan fingerprint density at radius 1 is 1.19 bits per heavy atom. The molecule has 0 fully saturated rings. The van der Waals surface area contributed by atoms with E-state index in [0.29, 0.717) is 16.1 Å². The molecule has 2 aromatic carbocycles. The molecule has 1 unspecified atom stereocenters. The van der Waals surface area contributed by atoms with E-state index < -0.39 is 0 Å². The van der Waals surface area contributed by atoms with Crippen molar-refractivity contribution < 1.29 is 9.21 Å². The molecule has 0 saturated carbocycles. The first-order valence-corrected chi connectivity index (χ1v) is 10.5. The average Bonchev–Trinajstić information content (AvgIpc) is 3.15. The summed E-state index contributed by atoms with van der Waals surface area (Å²) in [5.74, 6) is 0.520. The third-order valence-corrected chi connectivity index (χ3v) is 5.44. The Kier molecular flexibility index (Phi) is 6.93. The lowest BCUT2D eigenvalue weighted by atomic mass is 10.0. The second-order valence-corrected chi connectivity index (χ2v) is 8.03. The number of aromatic nitrogens is 2. The Balaban J connectivity index is 1.55. The van der Waals surface area contributed by atoms with Gasteiger partial charge in [0.15, 0.2) is 0 Å². The molecule has 0 spiro atoms. The molecule has 1 atom stereocenters. The summed E-state index contributed by atoms with van der Waals surface area (Å²) in [6.45, 7) is 2.04. The molecule has 140 valence electrons. The van der Waals surface area contributed by atoms with Crippen molar-refractivity contribution in [1.29, 1.82) is 0 Å². The van der Waals surface area contributed by atoms with E-state index in [1.165, 1.54) is 11.8 Å². The first-order chi connectivity index (χ1) is 13.0. The third kappa shape index (κ3) is 5.57. The number of benzene rings is 2. The molecule has 0 bridgehead atoms. The summed E-state index contributed by atoms with van der Waals surface area (Å²) in [6.07, 6.45) is 0.805. The Labute approximate surface area is 175 Å². The second-order valence-electron chi connectivity index (χ2n) is 5.75. The van der Waals surface area contributed by atoms with Gasteiger partial charge < -0.3 is 9.73 Å². The highest BCUT2D eigenvalue weighted by molar-refractivity contribution is 9.10. The zero-order valence-electron chi connectivity index (χ0n) is 14.5. The van der Waals surface area contributed by atoms with Crippen LogP contribution in [-0.4, -0.2) is 21.9 Å². The molecular weight excluding hydrogens is 450 g/mol. The van der Waals surface area contributed by atoms with Crippen LogP contribution < -0.4 is 5.32 Å². The van der Waals surface area contributed by atoms with E-state index in [-0.39, 0.29) is 17.7 Å². The van der Waals surface area contributed by atoms with Gasteiger partial charge in [-0.2, -0.15) is 0 Å². The number of rotatable bonds is 7. The molecule has 1 heterocycles. The zero-order chi connectivity index (χ0) is 19.2. The smallest absolute Gasteiger partial charge is 0.277 e. The van der Waals surface area contributed by atoms with E-state index in [4.69, 9.17) is 16.0 Å². The average molecular weight is 467 g/mol. The highest BCUT2D eigenvalue weighted by atomic mass is 79.9. The quantitative estimate of drug-likeness (QED) is 0.465. The minimum atomic E-state index is -0.0824. The molecule has 3 rings (SSSR count). The molecule has 1 N–H and O–H groups in total. The Morgan fingerprint density at radius 3 is 2.56 bits per heavy atom. The van der Waals surface area contributed by atoms with Crippen LogP contribution in [0.25, 0.3) is 11.5 Å². The summed E-state index contributed by atoms with van der Waals surface area (Å²) in [6, 6.07) is 15.0. The number of thioether (sulfide) groups is 1. The van der Waals surface area contributed by atoms with Crippen molar-refractivity contribution in [1.82, 2.24) is 15.5 Å². The molecule has 0 aliphatic heterocycles. The van der Waals surface area contributed by atoms with Crippen molar-refractivity contribution >= 4 is 45.2 Å². The molecule has 0 radical (unpaired) electrons. The van der Waals surface area contributed by atoms with Crippen LogP contribution in [0.15, 0.2) is 62.6 Å². The third-order valence-electron chi connectivity index (χ3n) is 3.84. The molecule has 3 aromatic rings. The summed E-state index contributed by atoms with van der Waals surface area (Å²) >= 11 is 10.5.